The molecular formula is C14H19BrS. The van der Waals surface area contributed by atoms with Crippen LogP contribution >= 0.6 is 27.7 Å². The molecule has 0 radical (unpaired) electrons. The van der Waals surface area contributed by atoms with Gasteiger partial charge >= 0.3 is 0 Å². The summed E-state index contributed by atoms with van der Waals surface area (Å²) in [7, 11) is 0. The summed E-state index contributed by atoms with van der Waals surface area (Å²) in [6, 6.07) is 10.8. The summed E-state index contributed by atoms with van der Waals surface area (Å²) in [4.78, 5) is 1.41. The van der Waals surface area contributed by atoms with Gasteiger partial charge in [-0.25, -0.2) is 0 Å². The first-order valence-corrected chi connectivity index (χ1v) is 8.19. The van der Waals surface area contributed by atoms with Crippen molar-refractivity contribution in [2.45, 2.75) is 37.0 Å². The fourth-order valence-electron chi connectivity index (χ4n) is 2.37. The van der Waals surface area contributed by atoms with Crippen LogP contribution in [-0.4, -0.2) is 11.1 Å². The Morgan fingerprint density at radius 1 is 1.06 bits per heavy atom. The van der Waals surface area contributed by atoms with E-state index in [1.165, 1.54) is 48.1 Å². The lowest BCUT2D eigenvalue weighted by Crippen LogP contribution is -2.28. The number of hydrogen-bond donors (Lipinski definition) is 0. The first-order valence-electron chi connectivity index (χ1n) is 6.08. The molecule has 1 fully saturated rings. The first-order chi connectivity index (χ1) is 7.85. The number of rotatable bonds is 4. The fraction of sp³-hybridized carbons (Fsp3) is 0.571. The van der Waals surface area contributed by atoms with Gasteiger partial charge in [0.1, 0.15) is 0 Å². The molecule has 0 aliphatic heterocycles. The highest BCUT2D eigenvalue weighted by Crippen LogP contribution is 2.41. The van der Waals surface area contributed by atoms with E-state index in [1.54, 1.807) is 0 Å². The summed E-state index contributed by atoms with van der Waals surface area (Å²) < 4.78 is 0. The summed E-state index contributed by atoms with van der Waals surface area (Å²) in [5.74, 6) is 1.27. The van der Waals surface area contributed by atoms with Crippen LogP contribution in [0.15, 0.2) is 35.2 Å². The lowest BCUT2D eigenvalue weighted by Gasteiger charge is -2.35. The number of benzene rings is 1. The van der Waals surface area contributed by atoms with Gasteiger partial charge in [0.2, 0.25) is 0 Å². The molecule has 0 aromatic heterocycles. The second-order valence-corrected chi connectivity index (χ2v) is 6.41. The number of hydrogen-bond acceptors (Lipinski definition) is 1. The van der Waals surface area contributed by atoms with Gasteiger partial charge in [-0.3, -0.25) is 0 Å². The van der Waals surface area contributed by atoms with Crippen LogP contribution in [0.5, 0.6) is 0 Å². The molecule has 1 aromatic rings. The van der Waals surface area contributed by atoms with Crippen LogP contribution < -0.4 is 0 Å². The SMILES string of the molecule is BrCC1(CSc2ccccc2)CCCCC1. The van der Waals surface area contributed by atoms with Crippen molar-refractivity contribution in [2.24, 2.45) is 5.41 Å². The Balaban J connectivity index is 1.92. The Kier molecular flexibility index (Phi) is 4.78. The largest absolute Gasteiger partial charge is 0.126 e. The molecule has 0 atom stereocenters. The van der Waals surface area contributed by atoms with Crippen molar-refractivity contribution in [3.05, 3.63) is 30.3 Å². The average Bonchev–Trinajstić information content (AvgIpc) is 2.39. The third-order valence-corrected chi connectivity index (χ3v) is 6.04. The molecule has 88 valence electrons. The zero-order chi connectivity index (χ0) is 11.3. The summed E-state index contributed by atoms with van der Waals surface area (Å²) in [6.07, 6.45) is 7.07. The van der Waals surface area contributed by atoms with E-state index in [0.717, 1.165) is 0 Å². The molecule has 1 aliphatic rings. The number of thioether (sulfide) groups is 1. The second kappa shape index (κ2) is 6.11. The summed E-state index contributed by atoms with van der Waals surface area (Å²) in [5.41, 5.74) is 0.554. The highest BCUT2D eigenvalue weighted by Gasteiger charge is 2.30. The minimum Gasteiger partial charge on any atom is -0.126 e. The molecule has 0 N–H and O–H groups in total. The smallest absolute Gasteiger partial charge is 0.00959 e. The van der Waals surface area contributed by atoms with E-state index >= 15 is 0 Å². The predicted molar refractivity (Wildman–Crippen MR) is 76.5 cm³/mol. The lowest BCUT2D eigenvalue weighted by atomic mass is 9.77. The van der Waals surface area contributed by atoms with Crippen LogP contribution in [0.3, 0.4) is 0 Å². The molecule has 1 aromatic carbocycles. The van der Waals surface area contributed by atoms with E-state index in [1.807, 2.05) is 11.8 Å². The summed E-state index contributed by atoms with van der Waals surface area (Å²) >= 11 is 5.75. The predicted octanol–water partition coefficient (Wildman–Crippen LogP) is 5.12. The molecule has 0 heterocycles. The third kappa shape index (κ3) is 3.27. The second-order valence-electron chi connectivity index (χ2n) is 4.80. The maximum absolute atomic E-state index is 3.73. The zero-order valence-corrected chi connectivity index (χ0v) is 12.0. The summed E-state index contributed by atoms with van der Waals surface area (Å²) in [5, 5.41) is 1.17. The van der Waals surface area contributed by atoms with E-state index in [4.69, 9.17) is 0 Å². The minimum absolute atomic E-state index is 0.554. The molecule has 0 saturated heterocycles. The zero-order valence-electron chi connectivity index (χ0n) is 9.62. The van der Waals surface area contributed by atoms with Crippen molar-refractivity contribution >= 4 is 27.7 Å². The van der Waals surface area contributed by atoms with Gasteiger partial charge in [0.25, 0.3) is 0 Å². The Hall–Kier alpha value is 0.0500. The summed E-state index contributed by atoms with van der Waals surface area (Å²) in [6.45, 7) is 0. The highest BCUT2D eigenvalue weighted by atomic mass is 79.9. The van der Waals surface area contributed by atoms with Crippen LogP contribution in [0.4, 0.5) is 0 Å². The molecule has 1 saturated carbocycles. The van der Waals surface area contributed by atoms with Gasteiger partial charge in [0.05, 0.1) is 0 Å². The number of halogens is 1. The molecule has 0 spiro atoms. The van der Waals surface area contributed by atoms with Gasteiger partial charge < -0.3 is 0 Å². The maximum Gasteiger partial charge on any atom is 0.00959 e. The minimum atomic E-state index is 0.554. The molecule has 2 rings (SSSR count). The Labute approximate surface area is 111 Å². The van der Waals surface area contributed by atoms with Crippen molar-refractivity contribution < 1.29 is 0 Å². The average molecular weight is 299 g/mol. The van der Waals surface area contributed by atoms with Crippen LogP contribution in [0.2, 0.25) is 0 Å². The van der Waals surface area contributed by atoms with E-state index in [2.05, 4.69) is 46.3 Å². The topological polar surface area (TPSA) is 0 Å². The number of alkyl halides is 1. The standard InChI is InChI=1S/C14H19BrS/c15-11-14(9-5-2-6-10-14)12-16-13-7-3-1-4-8-13/h1,3-4,7-8H,2,5-6,9-12H2. The molecule has 0 amide bonds. The molecule has 0 unspecified atom stereocenters. The molecular weight excluding hydrogens is 280 g/mol. The van der Waals surface area contributed by atoms with Gasteiger partial charge in [-0.2, -0.15) is 0 Å². The van der Waals surface area contributed by atoms with Crippen molar-refractivity contribution in [2.75, 3.05) is 11.1 Å². The third-order valence-electron chi connectivity index (χ3n) is 3.49. The van der Waals surface area contributed by atoms with E-state index in [-0.39, 0.29) is 0 Å². The Morgan fingerprint density at radius 3 is 2.38 bits per heavy atom. The van der Waals surface area contributed by atoms with Crippen molar-refractivity contribution in [3.8, 4) is 0 Å². The van der Waals surface area contributed by atoms with Crippen LogP contribution in [0, 0.1) is 5.41 Å². The molecule has 2 heteroatoms. The fourth-order valence-corrected chi connectivity index (χ4v) is 4.61. The monoisotopic (exact) mass is 298 g/mol. The van der Waals surface area contributed by atoms with Gasteiger partial charge in [0, 0.05) is 16.0 Å². The van der Waals surface area contributed by atoms with Crippen LogP contribution in [0.1, 0.15) is 32.1 Å². The first kappa shape index (κ1) is 12.5. The van der Waals surface area contributed by atoms with Crippen molar-refractivity contribution in [1.82, 2.24) is 0 Å². The van der Waals surface area contributed by atoms with Gasteiger partial charge in [-0.05, 0) is 30.4 Å². The van der Waals surface area contributed by atoms with E-state index in [9.17, 15) is 0 Å². The Bertz CT molecular complexity index is 304. The lowest BCUT2D eigenvalue weighted by molar-refractivity contribution is 0.260. The molecule has 16 heavy (non-hydrogen) atoms. The maximum atomic E-state index is 3.73. The van der Waals surface area contributed by atoms with Gasteiger partial charge in [-0.1, -0.05) is 53.4 Å². The van der Waals surface area contributed by atoms with Crippen LogP contribution in [-0.2, 0) is 0 Å². The normalized spacial score (nSPS) is 19.6. The van der Waals surface area contributed by atoms with Gasteiger partial charge in [0.15, 0.2) is 0 Å². The van der Waals surface area contributed by atoms with E-state index in [0.29, 0.717) is 5.41 Å². The van der Waals surface area contributed by atoms with Crippen LogP contribution in [0.25, 0.3) is 0 Å². The highest BCUT2D eigenvalue weighted by molar-refractivity contribution is 9.09. The molecule has 0 nitrogen and oxygen atoms in total. The molecule has 0 bridgehead atoms. The van der Waals surface area contributed by atoms with Crippen molar-refractivity contribution in [3.63, 3.8) is 0 Å². The molecule has 1 aliphatic carbocycles. The van der Waals surface area contributed by atoms with Gasteiger partial charge in [-0.15, -0.1) is 11.8 Å². The van der Waals surface area contributed by atoms with E-state index < -0.39 is 0 Å². The Morgan fingerprint density at radius 2 is 1.75 bits per heavy atom. The quantitative estimate of drug-likeness (QED) is 0.549. The van der Waals surface area contributed by atoms with Crippen molar-refractivity contribution in [1.29, 1.82) is 0 Å².